The number of nitrogens with one attached hydrogen (secondary N) is 2. The summed E-state index contributed by atoms with van der Waals surface area (Å²) in [4.78, 5) is 0. The van der Waals surface area contributed by atoms with E-state index >= 15 is 0 Å². The van der Waals surface area contributed by atoms with E-state index in [4.69, 9.17) is 5.41 Å². The first-order chi connectivity index (χ1) is 12.8. The summed E-state index contributed by atoms with van der Waals surface area (Å²) >= 11 is 0. The van der Waals surface area contributed by atoms with Gasteiger partial charge in [0.2, 0.25) is 0 Å². The minimum Gasteiger partial charge on any atom is -0.388 e. The Balaban J connectivity index is 1.72. The molecule has 0 fully saturated rings. The maximum Gasteiger partial charge on any atom is 0.0705 e. The third-order valence-electron chi connectivity index (χ3n) is 4.74. The molecular weight excluding hydrogens is 316 g/mol. The molecule has 0 amide bonds. The van der Waals surface area contributed by atoms with E-state index in [1.807, 2.05) is 43.4 Å². The highest BCUT2D eigenvalue weighted by Crippen LogP contribution is 2.29. The molecule has 2 N–H and O–H groups in total. The van der Waals surface area contributed by atoms with Crippen molar-refractivity contribution in [2.75, 3.05) is 12.4 Å². The van der Waals surface area contributed by atoms with E-state index < -0.39 is 0 Å². The van der Waals surface area contributed by atoms with Crippen molar-refractivity contribution < 1.29 is 0 Å². The predicted molar refractivity (Wildman–Crippen MR) is 111 cm³/mol. The fourth-order valence-corrected chi connectivity index (χ4v) is 3.37. The Morgan fingerprint density at radius 2 is 1.42 bits per heavy atom. The van der Waals surface area contributed by atoms with Gasteiger partial charge in [-0.15, -0.1) is 0 Å². The molecule has 4 rings (SSSR count). The molecule has 0 saturated carbocycles. The largest absolute Gasteiger partial charge is 0.388 e. The van der Waals surface area contributed by atoms with Crippen LogP contribution in [0.2, 0.25) is 0 Å². The van der Waals surface area contributed by atoms with E-state index in [0.717, 1.165) is 16.8 Å². The van der Waals surface area contributed by atoms with Gasteiger partial charge < -0.3 is 5.32 Å². The van der Waals surface area contributed by atoms with Crippen LogP contribution in [0.15, 0.2) is 91.0 Å². The van der Waals surface area contributed by atoms with Gasteiger partial charge in [-0.1, -0.05) is 84.9 Å². The molecule has 0 aliphatic heterocycles. The number of hydrogen-bond donors (Lipinski definition) is 2. The van der Waals surface area contributed by atoms with Crippen molar-refractivity contribution in [3.63, 3.8) is 0 Å². The molecule has 4 aromatic rings. The van der Waals surface area contributed by atoms with Crippen molar-refractivity contribution in [1.29, 1.82) is 5.41 Å². The Hall–Kier alpha value is -3.39. The summed E-state index contributed by atoms with van der Waals surface area (Å²) in [6, 6.07) is 31.0. The molecule has 2 nitrogen and oxygen atoms in total. The number of benzene rings is 4. The van der Waals surface area contributed by atoms with Crippen molar-refractivity contribution in [3.8, 4) is 11.1 Å². The number of fused-ring (bicyclic) bond motifs is 1. The zero-order valence-corrected chi connectivity index (χ0v) is 14.7. The quantitative estimate of drug-likeness (QED) is 0.443. The van der Waals surface area contributed by atoms with E-state index in [-0.39, 0.29) is 0 Å². The second-order valence-corrected chi connectivity index (χ2v) is 6.27. The van der Waals surface area contributed by atoms with Crippen LogP contribution in [0.3, 0.4) is 0 Å². The SMILES string of the molecule is CNc1ccccc1C(=N)c1ccc(-c2cccc3ccccc23)cc1. The highest BCUT2D eigenvalue weighted by molar-refractivity contribution is 6.14. The predicted octanol–water partition coefficient (Wildman–Crippen LogP) is 5.96. The molecule has 0 radical (unpaired) electrons. The van der Waals surface area contributed by atoms with E-state index in [0.29, 0.717) is 5.71 Å². The molecule has 0 saturated heterocycles. The monoisotopic (exact) mass is 336 g/mol. The third kappa shape index (κ3) is 2.86. The van der Waals surface area contributed by atoms with Gasteiger partial charge >= 0.3 is 0 Å². The molecule has 0 aliphatic carbocycles. The lowest BCUT2D eigenvalue weighted by atomic mass is 9.95. The van der Waals surface area contributed by atoms with Crippen LogP contribution in [0.4, 0.5) is 5.69 Å². The van der Waals surface area contributed by atoms with Gasteiger partial charge in [0.15, 0.2) is 0 Å². The van der Waals surface area contributed by atoms with Crippen LogP contribution in [0, 0.1) is 5.41 Å². The molecule has 0 bridgehead atoms. The zero-order valence-electron chi connectivity index (χ0n) is 14.7. The Labute approximate surface area is 153 Å². The van der Waals surface area contributed by atoms with Crippen LogP contribution < -0.4 is 5.32 Å². The van der Waals surface area contributed by atoms with Crippen molar-refractivity contribution in [2.24, 2.45) is 0 Å². The lowest BCUT2D eigenvalue weighted by Gasteiger charge is -2.12. The van der Waals surface area contributed by atoms with Crippen LogP contribution in [0.1, 0.15) is 11.1 Å². The minimum absolute atomic E-state index is 0.527. The summed E-state index contributed by atoms with van der Waals surface area (Å²) in [6.45, 7) is 0. The Morgan fingerprint density at radius 1 is 0.731 bits per heavy atom. The molecular formula is C24H20N2. The Bertz CT molecular complexity index is 1070. The second kappa shape index (κ2) is 6.85. The van der Waals surface area contributed by atoms with Crippen LogP contribution in [0.5, 0.6) is 0 Å². The summed E-state index contributed by atoms with van der Waals surface area (Å²) in [6.07, 6.45) is 0. The van der Waals surface area contributed by atoms with Gasteiger partial charge in [0.25, 0.3) is 0 Å². The lowest BCUT2D eigenvalue weighted by Crippen LogP contribution is -2.05. The van der Waals surface area contributed by atoms with Gasteiger partial charge in [-0.25, -0.2) is 0 Å². The summed E-state index contributed by atoms with van der Waals surface area (Å²) in [5, 5.41) is 14.2. The summed E-state index contributed by atoms with van der Waals surface area (Å²) in [5.74, 6) is 0. The van der Waals surface area contributed by atoms with E-state index in [2.05, 4.69) is 59.9 Å². The molecule has 126 valence electrons. The molecule has 26 heavy (non-hydrogen) atoms. The fourth-order valence-electron chi connectivity index (χ4n) is 3.37. The third-order valence-corrected chi connectivity index (χ3v) is 4.74. The van der Waals surface area contributed by atoms with Crippen LogP contribution in [-0.4, -0.2) is 12.8 Å². The van der Waals surface area contributed by atoms with Crippen molar-refractivity contribution in [2.45, 2.75) is 0 Å². The Morgan fingerprint density at radius 3 is 2.23 bits per heavy atom. The standard InChI is InChI=1S/C24H20N2/c1-26-23-12-5-4-10-22(23)24(25)19-15-13-18(14-16-19)21-11-6-8-17-7-2-3-9-20(17)21/h2-16,25-26H,1H3. The van der Waals surface area contributed by atoms with Crippen molar-refractivity contribution in [1.82, 2.24) is 0 Å². The summed E-state index contributed by atoms with van der Waals surface area (Å²) in [5.41, 5.74) is 5.71. The number of para-hydroxylation sites is 1. The number of rotatable bonds is 4. The molecule has 0 aliphatic rings. The van der Waals surface area contributed by atoms with Gasteiger partial charge in [0, 0.05) is 23.9 Å². The normalized spacial score (nSPS) is 10.7. The van der Waals surface area contributed by atoms with E-state index in [1.54, 1.807) is 0 Å². The van der Waals surface area contributed by atoms with Gasteiger partial charge in [0.05, 0.1) is 5.71 Å². The number of hydrogen-bond acceptors (Lipinski definition) is 2. The first-order valence-electron chi connectivity index (χ1n) is 8.72. The fraction of sp³-hybridized carbons (Fsp3) is 0.0417. The average Bonchev–Trinajstić information content (AvgIpc) is 2.73. The highest BCUT2D eigenvalue weighted by Gasteiger charge is 2.10. The molecule has 2 heteroatoms. The van der Waals surface area contributed by atoms with Gasteiger partial charge in [-0.05, 0) is 28.0 Å². The first kappa shape index (κ1) is 16.1. The van der Waals surface area contributed by atoms with Crippen LogP contribution in [0.25, 0.3) is 21.9 Å². The number of anilines is 1. The molecule has 0 aromatic heterocycles. The molecule has 0 atom stereocenters. The molecule has 0 spiro atoms. The van der Waals surface area contributed by atoms with E-state index in [1.165, 1.54) is 21.9 Å². The molecule has 0 unspecified atom stereocenters. The lowest BCUT2D eigenvalue weighted by molar-refractivity contribution is 1.43. The highest BCUT2D eigenvalue weighted by atomic mass is 14.8. The summed E-state index contributed by atoms with van der Waals surface area (Å²) in [7, 11) is 1.88. The van der Waals surface area contributed by atoms with Crippen LogP contribution >= 0.6 is 0 Å². The second-order valence-electron chi connectivity index (χ2n) is 6.27. The molecule has 4 aromatic carbocycles. The van der Waals surface area contributed by atoms with Gasteiger partial charge in [0.1, 0.15) is 0 Å². The van der Waals surface area contributed by atoms with Crippen molar-refractivity contribution >= 4 is 22.2 Å². The smallest absolute Gasteiger partial charge is 0.0705 e. The Kier molecular flexibility index (Phi) is 4.24. The summed E-state index contributed by atoms with van der Waals surface area (Å²) < 4.78 is 0. The topological polar surface area (TPSA) is 35.9 Å². The minimum atomic E-state index is 0.527. The maximum absolute atomic E-state index is 8.58. The first-order valence-corrected chi connectivity index (χ1v) is 8.72. The maximum atomic E-state index is 8.58. The van der Waals surface area contributed by atoms with Gasteiger partial charge in [-0.3, -0.25) is 5.41 Å². The van der Waals surface area contributed by atoms with Gasteiger partial charge in [-0.2, -0.15) is 0 Å². The van der Waals surface area contributed by atoms with Crippen LogP contribution in [-0.2, 0) is 0 Å². The average molecular weight is 336 g/mol. The van der Waals surface area contributed by atoms with E-state index in [9.17, 15) is 0 Å². The zero-order chi connectivity index (χ0) is 17.9. The van der Waals surface area contributed by atoms with Crippen molar-refractivity contribution in [3.05, 3.63) is 102 Å². The molecule has 0 heterocycles.